The molecule has 0 bridgehead atoms. The van der Waals surface area contributed by atoms with Crippen molar-refractivity contribution in [2.45, 2.75) is 0 Å². The van der Waals surface area contributed by atoms with Gasteiger partial charge in [-0.25, -0.2) is 19.9 Å². The van der Waals surface area contributed by atoms with Crippen LogP contribution in [0.5, 0.6) is 11.6 Å². The molecular weight excluding hydrogens is 408 g/mol. The molecule has 1 N–H and O–H groups in total. The number of anilines is 2. The van der Waals surface area contributed by atoms with Crippen molar-refractivity contribution in [1.82, 2.24) is 19.9 Å². The number of fused-ring (bicyclic) bond motifs is 1. The standard InChI is InChI=1S/C23H14N6OS/c24-13-17-6-5-15(14-27-17)21-22(26-12-11-25-21)30-18-9-7-16(8-10-18)28-23-29-19-3-1-2-4-20(19)31-23/h1-12,14H,(H,28,29). The van der Waals surface area contributed by atoms with E-state index in [1.807, 2.05) is 48.5 Å². The van der Waals surface area contributed by atoms with Crippen LogP contribution in [0.1, 0.15) is 5.69 Å². The third-order valence-electron chi connectivity index (χ3n) is 4.43. The highest BCUT2D eigenvalue weighted by Crippen LogP contribution is 2.31. The lowest BCUT2D eigenvalue weighted by atomic mass is 10.2. The quantitative estimate of drug-likeness (QED) is 0.396. The van der Waals surface area contributed by atoms with Crippen molar-refractivity contribution in [1.29, 1.82) is 5.26 Å². The molecule has 8 heteroatoms. The normalized spacial score (nSPS) is 10.5. The highest BCUT2D eigenvalue weighted by atomic mass is 32.1. The molecule has 31 heavy (non-hydrogen) atoms. The molecule has 148 valence electrons. The van der Waals surface area contributed by atoms with E-state index in [4.69, 9.17) is 10.00 Å². The molecule has 0 amide bonds. The largest absolute Gasteiger partial charge is 0.437 e. The number of benzene rings is 2. The van der Waals surface area contributed by atoms with Crippen LogP contribution in [0.15, 0.2) is 79.3 Å². The van der Waals surface area contributed by atoms with Gasteiger partial charge in [-0.1, -0.05) is 23.5 Å². The minimum atomic E-state index is 0.339. The molecule has 0 aliphatic rings. The Morgan fingerprint density at radius 1 is 0.903 bits per heavy atom. The number of pyridine rings is 1. The molecule has 5 aromatic rings. The maximum atomic E-state index is 8.93. The molecule has 0 saturated carbocycles. The van der Waals surface area contributed by atoms with Crippen LogP contribution < -0.4 is 10.1 Å². The summed E-state index contributed by atoms with van der Waals surface area (Å²) in [5, 5.41) is 13.1. The molecule has 0 fully saturated rings. The van der Waals surface area contributed by atoms with Crippen molar-refractivity contribution in [3.63, 3.8) is 0 Å². The molecule has 0 saturated heterocycles. The van der Waals surface area contributed by atoms with Crippen molar-refractivity contribution < 1.29 is 4.74 Å². The number of thiazole rings is 1. The Bertz CT molecular complexity index is 1360. The van der Waals surface area contributed by atoms with Crippen molar-refractivity contribution >= 4 is 32.4 Å². The fourth-order valence-corrected chi connectivity index (χ4v) is 3.85. The summed E-state index contributed by atoms with van der Waals surface area (Å²) in [6, 6.07) is 21.0. The van der Waals surface area contributed by atoms with Crippen molar-refractivity contribution in [2.75, 3.05) is 5.32 Å². The number of para-hydroxylation sites is 1. The number of nitriles is 1. The number of hydrogen-bond acceptors (Lipinski definition) is 8. The summed E-state index contributed by atoms with van der Waals surface area (Å²) >= 11 is 1.60. The van der Waals surface area contributed by atoms with Crippen molar-refractivity contribution in [3.8, 4) is 29.0 Å². The second-order valence-electron chi connectivity index (χ2n) is 6.49. The Kier molecular flexibility index (Phi) is 4.92. The van der Waals surface area contributed by atoms with Crippen molar-refractivity contribution in [3.05, 3.63) is 84.9 Å². The Morgan fingerprint density at radius 3 is 2.52 bits per heavy atom. The smallest absolute Gasteiger partial charge is 0.246 e. The van der Waals surface area contributed by atoms with E-state index in [9.17, 15) is 0 Å². The molecule has 0 aliphatic carbocycles. The minimum absolute atomic E-state index is 0.339. The van der Waals surface area contributed by atoms with Gasteiger partial charge in [0.15, 0.2) is 5.13 Å². The van der Waals surface area contributed by atoms with Crippen LogP contribution in [-0.4, -0.2) is 19.9 Å². The predicted octanol–water partition coefficient (Wildman–Crippen LogP) is 5.56. The Hall–Kier alpha value is -4.35. The molecule has 0 atom stereocenters. The fourth-order valence-electron chi connectivity index (χ4n) is 2.97. The summed E-state index contributed by atoms with van der Waals surface area (Å²) in [7, 11) is 0. The number of nitrogens with zero attached hydrogens (tertiary/aromatic N) is 5. The number of aromatic nitrogens is 4. The molecule has 5 rings (SSSR count). The van der Waals surface area contributed by atoms with Crippen LogP contribution in [0.3, 0.4) is 0 Å². The molecule has 3 heterocycles. The van der Waals surface area contributed by atoms with E-state index in [-0.39, 0.29) is 0 Å². The SMILES string of the molecule is N#Cc1ccc(-c2nccnc2Oc2ccc(Nc3nc4ccccc4s3)cc2)cn1. The van der Waals surface area contributed by atoms with Crippen LogP contribution in [0.4, 0.5) is 10.8 Å². The van der Waals surface area contributed by atoms with E-state index in [0.29, 0.717) is 23.0 Å². The van der Waals surface area contributed by atoms with E-state index in [1.54, 1.807) is 42.1 Å². The van der Waals surface area contributed by atoms with E-state index in [1.165, 1.54) is 0 Å². The van der Waals surface area contributed by atoms with E-state index >= 15 is 0 Å². The predicted molar refractivity (Wildman–Crippen MR) is 119 cm³/mol. The molecular formula is C23H14N6OS. The summed E-state index contributed by atoms with van der Waals surface area (Å²) in [4.78, 5) is 17.3. The van der Waals surface area contributed by atoms with E-state index < -0.39 is 0 Å². The van der Waals surface area contributed by atoms with Gasteiger partial charge in [-0.2, -0.15) is 5.26 Å². The summed E-state index contributed by atoms with van der Waals surface area (Å²) in [5.74, 6) is 0.985. The van der Waals surface area contributed by atoms with Crippen LogP contribution in [-0.2, 0) is 0 Å². The van der Waals surface area contributed by atoms with Gasteiger partial charge < -0.3 is 10.1 Å². The monoisotopic (exact) mass is 422 g/mol. The maximum Gasteiger partial charge on any atom is 0.246 e. The highest BCUT2D eigenvalue weighted by Gasteiger charge is 2.11. The van der Waals surface area contributed by atoms with Gasteiger partial charge in [-0.05, 0) is 48.5 Å². The summed E-state index contributed by atoms with van der Waals surface area (Å²) in [6.45, 7) is 0. The second-order valence-corrected chi connectivity index (χ2v) is 7.52. The summed E-state index contributed by atoms with van der Waals surface area (Å²) in [5.41, 5.74) is 3.49. The molecule has 0 radical (unpaired) electrons. The van der Waals surface area contributed by atoms with Gasteiger partial charge in [0.25, 0.3) is 0 Å². The van der Waals surface area contributed by atoms with Crippen LogP contribution >= 0.6 is 11.3 Å². The topological polar surface area (TPSA) is 96.6 Å². The molecule has 0 aliphatic heterocycles. The average Bonchev–Trinajstić information content (AvgIpc) is 3.23. The number of rotatable bonds is 5. The van der Waals surface area contributed by atoms with E-state index in [2.05, 4.69) is 31.3 Å². The first-order chi connectivity index (χ1) is 15.3. The lowest BCUT2D eigenvalue weighted by Gasteiger charge is -2.10. The van der Waals surface area contributed by atoms with Gasteiger partial charge in [0, 0.05) is 29.8 Å². The average molecular weight is 422 g/mol. The molecule has 2 aromatic carbocycles. The first kappa shape index (κ1) is 18.7. The zero-order valence-electron chi connectivity index (χ0n) is 16.1. The Morgan fingerprint density at radius 2 is 1.74 bits per heavy atom. The Balaban J connectivity index is 1.34. The number of hydrogen-bond donors (Lipinski definition) is 1. The zero-order valence-corrected chi connectivity index (χ0v) is 16.9. The fraction of sp³-hybridized carbons (Fsp3) is 0. The zero-order chi connectivity index (χ0) is 21.0. The van der Waals surface area contributed by atoms with Crippen LogP contribution in [0.25, 0.3) is 21.5 Å². The van der Waals surface area contributed by atoms with Gasteiger partial charge in [-0.15, -0.1) is 0 Å². The third-order valence-corrected chi connectivity index (χ3v) is 5.38. The third kappa shape index (κ3) is 4.03. The van der Waals surface area contributed by atoms with Gasteiger partial charge in [0.1, 0.15) is 23.2 Å². The van der Waals surface area contributed by atoms with Gasteiger partial charge >= 0.3 is 0 Å². The van der Waals surface area contributed by atoms with Crippen LogP contribution in [0.2, 0.25) is 0 Å². The second kappa shape index (κ2) is 8.18. The molecule has 3 aromatic heterocycles. The highest BCUT2D eigenvalue weighted by molar-refractivity contribution is 7.22. The first-order valence-corrected chi connectivity index (χ1v) is 10.2. The summed E-state index contributed by atoms with van der Waals surface area (Å²) in [6.07, 6.45) is 4.74. The maximum absolute atomic E-state index is 8.93. The summed E-state index contributed by atoms with van der Waals surface area (Å²) < 4.78 is 7.10. The van der Waals surface area contributed by atoms with Gasteiger partial charge in [0.05, 0.1) is 10.2 Å². The molecule has 0 unspecified atom stereocenters. The van der Waals surface area contributed by atoms with Gasteiger partial charge in [0.2, 0.25) is 5.88 Å². The lowest BCUT2D eigenvalue weighted by molar-refractivity contribution is 0.462. The number of nitrogens with one attached hydrogen (secondary N) is 1. The minimum Gasteiger partial charge on any atom is -0.437 e. The van der Waals surface area contributed by atoms with Crippen molar-refractivity contribution in [2.24, 2.45) is 0 Å². The molecule has 0 spiro atoms. The molecule has 7 nitrogen and oxygen atoms in total. The lowest BCUT2D eigenvalue weighted by Crippen LogP contribution is -1.95. The van der Waals surface area contributed by atoms with E-state index in [0.717, 1.165) is 26.6 Å². The first-order valence-electron chi connectivity index (χ1n) is 9.36. The van der Waals surface area contributed by atoms with Crippen LogP contribution in [0, 0.1) is 11.3 Å². The number of ether oxygens (including phenoxy) is 1. The van der Waals surface area contributed by atoms with Gasteiger partial charge in [-0.3, -0.25) is 0 Å². The Labute approximate surface area is 181 Å².